The first-order valence-corrected chi connectivity index (χ1v) is 5.10. The quantitative estimate of drug-likeness (QED) is 0.825. The van der Waals surface area contributed by atoms with E-state index < -0.39 is 11.9 Å². The number of halogens is 1. The van der Waals surface area contributed by atoms with Gasteiger partial charge >= 0.3 is 12.4 Å². The molecule has 0 saturated carbocycles. The summed E-state index contributed by atoms with van der Waals surface area (Å²) in [7, 11) is 0. The standard InChI is InChI=1S/C14H12O2.Cl/c15-14(16)13(11-7-3-1-4-8-11)12-9-5-2-6-10-12;/h1-10,13H,(H,15,16);/q;+1/p-1. The molecule has 0 amide bonds. The predicted molar refractivity (Wildman–Crippen MR) is 59.7 cm³/mol. The average molecular weight is 247 g/mol. The van der Waals surface area contributed by atoms with E-state index in [1.807, 2.05) is 36.4 Å². The highest BCUT2D eigenvalue weighted by Gasteiger charge is 2.14. The topological polar surface area (TPSA) is 40.1 Å². The second kappa shape index (κ2) is 6.06. The number of carboxylic acids is 1. The number of carbonyl (C=O) groups is 1. The zero-order valence-electron chi connectivity index (χ0n) is 9.05. The highest BCUT2D eigenvalue weighted by Crippen LogP contribution is 2.23. The fourth-order valence-electron chi connectivity index (χ4n) is 1.76. The van der Waals surface area contributed by atoms with Crippen LogP contribution in [0.1, 0.15) is 17.0 Å². The molecule has 0 aliphatic rings. The van der Waals surface area contributed by atoms with Crippen molar-refractivity contribution in [3.8, 4) is 0 Å². The van der Waals surface area contributed by atoms with Gasteiger partial charge in [-0.15, -0.1) is 0 Å². The fraction of sp³-hybridized carbons (Fsp3) is 0.0714. The van der Waals surface area contributed by atoms with Crippen molar-refractivity contribution >= 4 is 5.97 Å². The number of rotatable bonds is 3. The molecule has 0 N–H and O–H groups in total. The third-order valence-corrected chi connectivity index (χ3v) is 2.50. The van der Waals surface area contributed by atoms with Gasteiger partial charge in [-0.3, -0.25) is 0 Å². The normalized spacial score (nSPS) is 9.71. The minimum Gasteiger partial charge on any atom is -0.549 e. The lowest BCUT2D eigenvalue weighted by Gasteiger charge is -2.18. The largest absolute Gasteiger partial charge is 1.00 e. The van der Waals surface area contributed by atoms with Gasteiger partial charge in [0.15, 0.2) is 0 Å². The zero-order valence-corrected chi connectivity index (χ0v) is 9.80. The molecule has 0 spiro atoms. The van der Waals surface area contributed by atoms with Gasteiger partial charge in [-0.2, -0.15) is 0 Å². The van der Waals surface area contributed by atoms with Crippen LogP contribution in [0.15, 0.2) is 60.7 Å². The van der Waals surface area contributed by atoms with Crippen LogP contribution in [0.3, 0.4) is 0 Å². The summed E-state index contributed by atoms with van der Waals surface area (Å²) >= 11 is 0. The molecule has 2 nitrogen and oxygen atoms in total. The number of hydrogen-bond donors (Lipinski definition) is 0. The van der Waals surface area contributed by atoms with Gasteiger partial charge in [0.2, 0.25) is 0 Å². The summed E-state index contributed by atoms with van der Waals surface area (Å²) < 4.78 is 0. The summed E-state index contributed by atoms with van der Waals surface area (Å²) in [4.78, 5) is 11.2. The Bertz CT molecular complexity index is 429. The van der Waals surface area contributed by atoms with Crippen LogP contribution >= 0.6 is 0 Å². The van der Waals surface area contributed by atoms with Gasteiger partial charge in [-0.05, 0) is 11.1 Å². The van der Waals surface area contributed by atoms with Crippen LogP contribution in [-0.2, 0) is 4.79 Å². The summed E-state index contributed by atoms with van der Waals surface area (Å²) in [5, 5.41) is 11.2. The molecular weight excluding hydrogens is 236 g/mol. The number of aliphatic carboxylic acids is 1. The van der Waals surface area contributed by atoms with E-state index in [-0.39, 0.29) is 12.4 Å². The second-order valence-electron chi connectivity index (χ2n) is 3.57. The SMILES string of the molecule is O=C([O-])C(c1ccccc1)c1ccccc1.[Cl+]. The number of carbonyl (C=O) groups excluding carboxylic acids is 1. The van der Waals surface area contributed by atoms with Gasteiger partial charge < -0.3 is 9.90 Å². The van der Waals surface area contributed by atoms with Crippen molar-refractivity contribution in [2.24, 2.45) is 0 Å². The van der Waals surface area contributed by atoms with E-state index in [2.05, 4.69) is 0 Å². The molecule has 2 aromatic rings. The number of carboxylic acid groups (broad SMARTS) is 1. The Balaban J connectivity index is 0.00000144. The van der Waals surface area contributed by atoms with Gasteiger partial charge in [0, 0.05) is 5.92 Å². The Kier molecular flexibility index (Phi) is 4.73. The molecule has 0 atom stereocenters. The third kappa shape index (κ3) is 3.08. The van der Waals surface area contributed by atoms with E-state index in [0.717, 1.165) is 11.1 Å². The maximum atomic E-state index is 11.2. The minimum absolute atomic E-state index is 0. The molecule has 2 rings (SSSR count). The first kappa shape index (κ1) is 13.3. The molecule has 0 unspecified atom stereocenters. The summed E-state index contributed by atoms with van der Waals surface area (Å²) in [6, 6.07) is 18.2. The van der Waals surface area contributed by atoms with Crippen LogP contribution in [0.4, 0.5) is 0 Å². The number of benzene rings is 2. The van der Waals surface area contributed by atoms with Crippen molar-refractivity contribution in [1.82, 2.24) is 0 Å². The van der Waals surface area contributed by atoms with E-state index in [1.54, 1.807) is 24.3 Å². The van der Waals surface area contributed by atoms with Gasteiger partial charge in [-0.1, -0.05) is 60.7 Å². The molecule has 0 aromatic heterocycles. The van der Waals surface area contributed by atoms with Crippen molar-refractivity contribution in [1.29, 1.82) is 0 Å². The molecule has 0 bridgehead atoms. The first-order chi connectivity index (χ1) is 7.79. The van der Waals surface area contributed by atoms with Gasteiger partial charge in [0.25, 0.3) is 0 Å². The van der Waals surface area contributed by atoms with E-state index in [9.17, 15) is 9.90 Å². The molecule has 86 valence electrons. The van der Waals surface area contributed by atoms with E-state index in [4.69, 9.17) is 0 Å². The van der Waals surface area contributed by atoms with E-state index >= 15 is 0 Å². The van der Waals surface area contributed by atoms with Crippen molar-refractivity contribution < 1.29 is 22.3 Å². The molecule has 0 heterocycles. The van der Waals surface area contributed by atoms with Crippen LogP contribution in [0.25, 0.3) is 0 Å². The van der Waals surface area contributed by atoms with Gasteiger partial charge in [-0.25, -0.2) is 0 Å². The Morgan fingerprint density at radius 1 is 0.824 bits per heavy atom. The Morgan fingerprint density at radius 2 is 1.18 bits per heavy atom. The molecule has 2 aromatic carbocycles. The van der Waals surface area contributed by atoms with Crippen molar-refractivity contribution in [3.63, 3.8) is 0 Å². The minimum atomic E-state index is -1.07. The molecule has 0 aliphatic heterocycles. The molecule has 3 heteroatoms. The van der Waals surface area contributed by atoms with E-state index in [0.29, 0.717) is 0 Å². The molecule has 0 fully saturated rings. The van der Waals surface area contributed by atoms with Crippen molar-refractivity contribution in [2.45, 2.75) is 5.92 Å². The van der Waals surface area contributed by atoms with Crippen LogP contribution in [0.2, 0.25) is 0 Å². The molecule has 2 radical (unpaired) electrons. The highest BCUT2D eigenvalue weighted by molar-refractivity contribution is 5.78. The Morgan fingerprint density at radius 3 is 1.47 bits per heavy atom. The second-order valence-corrected chi connectivity index (χ2v) is 3.57. The lowest BCUT2D eigenvalue weighted by Crippen LogP contribution is -2.30. The monoisotopic (exact) mass is 246 g/mol. The maximum absolute atomic E-state index is 11.2. The lowest BCUT2D eigenvalue weighted by molar-refractivity contribution is -0.306. The fourth-order valence-corrected chi connectivity index (χ4v) is 1.76. The van der Waals surface area contributed by atoms with Crippen LogP contribution < -0.4 is 5.11 Å². The summed E-state index contributed by atoms with van der Waals surface area (Å²) in [6.07, 6.45) is 0. The molecule has 0 aliphatic carbocycles. The van der Waals surface area contributed by atoms with Crippen LogP contribution in [-0.4, -0.2) is 5.97 Å². The highest BCUT2D eigenvalue weighted by atomic mass is 35.5. The van der Waals surface area contributed by atoms with E-state index in [1.165, 1.54) is 0 Å². The molecule has 0 saturated heterocycles. The summed E-state index contributed by atoms with van der Waals surface area (Å²) in [6.45, 7) is 0. The molecule has 17 heavy (non-hydrogen) atoms. The zero-order chi connectivity index (χ0) is 11.4. The van der Waals surface area contributed by atoms with Crippen LogP contribution in [0, 0.1) is 12.4 Å². The third-order valence-electron chi connectivity index (χ3n) is 2.50. The maximum Gasteiger partial charge on any atom is 1.00 e. The number of hydrogen-bond acceptors (Lipinski definition) is 2. The average Bonchev–Trinajstić information content (AvgIpc) is 2.31. The van der Waals surface area contributed by atoms with Gasteiger partial charge in [0.1, 0.15) is 0 Å². The predicted octanol–water partition coefficient (Wildman–Crippen LogP) is 1.57. The van der Waals surface area contributed by atoms with Crippen molar-refractivity contribution in [2.75, 3.05) is 0 Å². The Hall–Kier alpha value is -1.80. The summed E-state index contributed by atoms with van der Waals surface area (Å²) in [5.74, 6) is -1.76. The smallest absolute Gasteiger partial charge is 0.549 e. The Labute approximate surface area is 106 Å². The van der Waals surface area contributed by atoms with Crippen LogP contribution in [0.5, 0.6) is 0 Å². The summed E-state index contributed by atoms with van der Waals surface area (Å²) in [5.41, 5.74) is 1.49. The first-order valence-electron chi connectivity index (χ1n) is 5.10. The van der Waals surface area contributed by atoms with Gasteiger partial charge in [0.05, 0.1) is 5.97 Å². The lowest BCUT2D eigenvalue weighted by atomic mass is 9.92. The molecular formula is C14H11ClO2. The van der Waals surface area contributed by atoms with Crippen molar-refractivity contribution in [3.05, 3.63) is 71.8 Å².